The molecule has 1 atom stereocenters. The summed E-state index contributed by atoms with van der Waals surface area (Å²) in [5.41, 5.74) is 2.07. The maximum atomic E-state index is 5.29. The fourth-order valence-corrected chi connectivity index (χ4v) is 1.54. The molecule has 1 unspecified atom stereocenters. The van der Waals surface area contributed by atoms with Gasteiger partial charge in [0.05, 0.1) is 36.4 Å². The van der Waals surface area contributed by atoms with Crippen LogP contribution in [0.1, 0.15) is 6.42 Å². The minimum atomic E-state index is 0.434. The monoisotopic (exact) mass is 193 g/mol. The van der Waals surface area contributed by atoms with E-state index >= 15 is 0 Å². The summed E-state index contributed by atoms with van der Waals surface area (Å²) in [6.45, 7) is 1.65. The van der Waals surface area contributed by atoms with Gasteiger partial charge in [-0.3, -0.25) is 4.98 Å². The van der Waals surface area contributed by atoms with Gasteiger partial charge in [-0.25, -0.2) is 0 Å². The van der Waals surface area contributed by atoms with Crippen LogP contribution < -0.4 is 10.6 Å². The molecule has 0 aromatic carbocycles. The van der Waals surface area contributed by atoms with E-state index in [1.165, 1.54) is 0 Å². The van der Waals surface area contributed by atoms with Crippen LogP contribution in [0, 0.1) is 0 Å². The lowest BCUT2D eigenvalue weighted by Crippen LogP contribution is -2.18. The topological polar surface area (TPSA) is 46.2 Å². The number of nitrogens with zero attached hydrogens (tertiary/aromatic N) is 1. The Morgan fingerprint density at radius 3 is 3.00 bits per heavy atom. The molecule has 0 saturated carbocycles. The lowest BCUT2D eigenvalue weighted by Gasteiger charge is -2.12. The Kier molecular flexibility index (Phi) is 2.84. The summed E-state index contributed by atoms with van der Waals surface area (Å²) in [5.74, 6) is 0. The van der Waals surface area contributed by atoms with Crippen LogP contribution in [0.2, 0.25) is 0 Å². The highest BCUT2D eigenvalue weighted by atomic mass is 16.5. The van der Waals surface area contributed by atoms with E-state index in [2.05, 4.69) is 15.6 Å². The summed E-state index contributed by atoms with van der Waals surface area (Å²) in [5, 5.41) is 6.45. The molecule has 14 heavy (non-hydrogen) atoms. The molecule has 1 aromatic heterocycles. The zero-order valence-electron chi connectivity index (χ0n) is 8.29. The van der Waals surface area contributed by atoms with Crippen molar-refractivity contribution in [3.63, 3.8) is 0 Å². The first-order chi connectivity index (χ1) is 6.88. The predicted octanol–water partition coefficient (Wildman–Crippen LogP) is 1.32. The molecule has 2 N–H and O–H groups in total. The van der Waals surface area contributed by atoms with Gasteiger partial charge in [0.25, 0.3) is 0 Å². The van der Waals surface area contributed by atoms with Crippen LogP contribution in [0.25, 0.3) is 0 Å². The molecule has 0 amide bonds. The second-order valence-electron chi connectivity index (χ2n) is 3.42. The van der Waals surface area contributed by atoms with E-state index in [4.69, 9.17) is 4.74 Å². The number of hydrogen-bond acceptors (Lipinski definition) is 4. The Labute approximate surface area is 83.7 Å². The molecular formula is C10H15N3O. The van der Waals surface area contributed by atoms with E-state index in [1.54, 1.807) is 6.20 Å². The number of aromatic nitrogens is 1. The van der Waals surface area contributed by atoms with Gasteiger partial charge in [0.2, 0.25) is 0 Å². The predicted molar refractivity (Wildman–Crippen MR) is 56.6 cm³/mol. The molecule has 2 rings (SSSR count). The van der Waals surface area contributed by atoms with Gasteiger partial charge in [-0.2, -0.15) is 0 Å². The SMILES string of the molecule is CNc1cncc(NC2CCOC2)c1. The van der Waals surface area contributed by atoms with Crippen molar-refractivity contribution in [2.45, 2.75) is 12.5 Å². The average Bonchev–Trinajstić information content (AvgIpc) is 2.71. The van der Waals surface area contributed by atoms with E-state index in [0.29, 0.717) is 6.04 Å². The third-order valence-electron chi connectivity index (χ3n) is 2.33. The number of hydrogen-bond donors (Lipinski definition) is 2. The van der Waals surface area contributed by atoms with Crippen LogP contribution in [-0.2, 0) is 4.74 Å². The zero-order valence-corrected chi connectivity index (χ0v) is 8.29. The second-order valence-corrected chi connectivity index (χ2v) is 3.42. The maximum Gasteiger partial charge on any atom is 0.0668 e. The van der Waals surface area contributed by atoms with Crippen LogP contribution in [0.4, 0.5) is 11.4 Å². The normalized spacial score (nSPS) is 20.8. The Morgan fingerprint density at radius 2 is 2.29 bits per heavy atom. The minimum Gasteiger partial charge on any atom is -0.387 e. The number of ether oxygens (including phenoxy) is 1. The van der Waals surface area contributed by atoms with Gasteiger partial charge in [-0.1, -0.05) is 0 Å². The quantitative estimate of drug-likeness (QED) is 0.760. The second kappa shape index (κ2) is 4.28. The van der Waals surface area contributed by atoms with Crippen molar-refractivity contribution in [3.05, 3.63) is 18.5 Å². The molecule has 1 aliphatic heterocycles. The van der Waals surface area contributed by atoms with Crippen molar-refractivity contribution in [2.24, 2.45) is 0 Å². The molecule has 0 spiro atoms. The summed E-state index contributed by atoms with van der Waals surface area (Å²) in [4.78, 5) is 4.13. The molecule has 76 valence electrons. The van der Waals surface area contributed by atoms with Crippen molar-refractivity contribution in [1.82, 2.24) is 4.98 Å². The van der Waals surface area contributed by atoms with Crippen molar-refractivity contribution >= 4 is 11.4 Å². The van der Waals surface area contributed by atoms with Crippen LogP contribution >= 0.6 is 0 Å². The van der Waals surface area contributed by atoms with E-state index in [1.807, 2.05) is 19.3 Å². The smallest absolute Gasteiger partial charge is 0.0668 e. The van der Waals surface area contributed by atoms with Crippen LogP contribution in [-0.4, -0.2) is 31.3 Å². The summed E-state index contributed by atoms with van der Waals surface area (Å²) in [6.07, 6.45) is 4.71. The Bertz CT molecular complexity index is 297. The molecule has 1 aliphatic rings. The van der Waals surface area contributed by atoms with Gasteiger partial charge in [0.1, 0.15) is 0 Å². The van der Waals surface area contributed by atoms with Gasteiger partial charge in [-0.15, -0.1) is 0 Å². The molecule has 0 radical (unpaired) electrons. The van der Waals surface area contributed by atoms with Gasteiger partial charge >= 0.3 is 0 Å². The molecule has 4 nitrogen and oxygen atoms in total. The molecule has 1 saturated heterocycles. The van der Waals surface area contributed by atoms with Crippen LogP contribution in [0.15, 0.2) is 18.5 Å². The van der Waals surface area contributed by atoms with Crippen molar-refractivity contribution < 1.29 is 4.74 Å². The van der Waals surface area contributed by atoms with Crippen LogP contribution in [0.5, 0.6) is 0 Å². The van der Waals surface area contributed by atoms with Gasteiger partial charge < -0.3 is 15.4 Å². The Hall–Kier alpha value is -1.29. The first kappa shape index (κ1) is 9.27. The summed E-state index contributed by atoms with van der Waals surface area (Å²) < 4.78 is 5.29. The minimum absolute atomic E-state index is 0.434. The third-order valence-corrected chi connectivity index (χ3v) is 2.33. The fraction of sp³-hybridized carbons (Fsp3) is 0.500. The summed E-state index contributed by atoms with van der Waals surface area (Å²) in [7, 11) is 1.89. The molecule has 1 aromatic rings. The van der Waals surface area contributed by atoms with E-state index < -0.39 is 0 Å². The average molecular weight is 193 g/mol. The van der Waals surface area contributed by atoms with E-state index in [-0.39, 0.29) is 0 Å². The highest BCUT2D eigenvalue weighted by Gasteiger charge is 2.14. The number of rotatable bonds is 3. The van der Waals surface area contributed by atoms with Gasteiger partial charge in [0, 0.05) is 13.7 Å². The number of nitrogens with one attached hydrogen (secondary N) is 2. The maximum absolute atomic E-state index is 5.29. The molecule has 0 bridgehead atoms. The first-order valence-corrected chi connectivity index (χ1v) is 4.85. The summed E-state index contributed by atoms with van der Waals surface area (Å²) in [6, 6.07) is 2.48. The van der Waals surface area contributed by atoms with Gasteiger partial charge in [0.15, 0.2) is 0 Å². The first-order valence-electron chi connectivity index (χ1n) is 4.85. The van der Waals surface area contributed by atoms with Crippen molar-refractivity contribution in [3.8, 4) is 0 Å². The largest absolute Gasteiger partial charge is 0.387 e. The molecule has 1 fully saturated rings. The Balaban J connectivity index is 2.00. The third kappa shape index (κ3) is 2.14. The molecule has 4 heteroatoms. The van der Waals surface area contributed by atoms with E-state index in [9.17, 15) is 0 Å². The van der Waals surface area contributed by atoms with Crippen molar-refractivity contribution in [2.75, 3.05) is 30.9 Å². The highest BCUT2D eigenvalue weighted by molar-refractivity contribution is 5.54. The zero-order chi connectivity index (χ0) is 9.80. The van der Waals surface area contributed by atoms with Crippen LogP contribution in [0.3, 0.4) is 0 Å². The Morgan fingerprint density at radius 1 is 1.43 bits per heavy atom. The number of anilines is 2. The van der Waals surface area contributed by atoms with Crippen molar-refractivity contribution in [1.29, 1.82) is 0 Å². The lowest BCUT2D eigenvalue weighted by atomic mass is 10.2. The molecule has 0 aliphatic carbocycles. The standard InChI is InChI=1S/C10H15N3O/c1-11-9-4-10(6-12-5-9)13-8-2-3-14-7-8/h4-6,8,11,13H,2-3,7H2,1H3. The molecule has 2 heterocycles. The highest BCUT2D eigenvalue weighted by Crippen LogP contribution is 2.16. The summed E-state index contributed by atoms with van der Waals surface area (Å²) >= 11 is 0. The molecular weight excluding hydrogens is 178 g/mol. The number of pyridine rings is 1. The van der Waals surface area contributed by atoms with Gasteiger partial charge in [-0.05, 0) is 12.5 Å². The van der Waals surface area contributed by atoms with E-state index in [0.717, 1.165) is 31.0 Å². The lowest BCUT2D eigenvalue weighted by molar-refractivity contribution is 0.195. The fourth-order valence-electron chi connectivity index (χ4n) is 1.54.